The highest BCUT2D eigenvalue weighted by atomic mass is 32.2. The lowest BCUT2D eigenvalue weighted by Gasteiger charge is -2.28. The zero-order valence-corrected chi connectivity index (χ0v) is 15.7. The topological polar surface area (TPSA) is 76.1 Å². The summed E-state index contributed by atoms with van der Waals surface area (Å²) in [7, 11) is 0. The van der Waals surface area contributed by atoms with Crippen molar-refractivity contribution in [2.45, 2.75) is 49.1 Å². The smallest absolute Gasteiger partial charge is 0.319 e. The Labute approximate surface area is 158 Å². The quantitative estimate of drug-likeness (QED) is 0.747. The number of carbonyl (C=O) groups is 1. The van der Waals surface area contributed by atoms with Gasteiger partial charge in [-0.3, -0.25) is 0 Å². The van der Waals surface area contributed by atoms with Gasteiger partial charge in [0, 0.05) is 23.7 Å². The lowest BCUT2D eigenvalue weighted by atomic mass is 9.95. The molecule has 138 valence electrons. The van der Waals surface area contributed by atoms with Crippen LogP contribution in [0, 0.1) is 0 Å². The summed E-state index contributed by atoms with van der Waals surface area (Å²) in [6, 6.07) is 9.32. The monoisotopic (exact) mass is 372 g/mol. The minimum atomic E-state index is -0.181. The van der Waals surface area contributed by atoms with E-state index < -0.39 is 0 Å². The Morgan fingerprint density at radius 1 is 1.15 bits per heavy atom. The fraction of sp³-hybridized carbons (Fsp3) is 0.421. The van der Waals surface area contributed by atoms with Gasteiger partial charge in [0.15, 0.2) is 5.16 Å². The number of para-hydroxylation sites is 2. The Balaban J connectivity index is 1.45. The van der Waals surface area contributed by atoms with Gasteiger partial charge in [0.05, 0.1) is 12.3 Å². The van der Waals surface area contributed by atoms with Gasteiger partial charge in [-0.2, -0.15) is 0 Å². The number of nitrogens with one attached hydrogen (secondary N) is 2. The van der Waals surface area contributed by atoms with Gasteiger partial charge in [0.25, 0.3) is 0 Å². The summed E-state index contributed by atoms with van der Waals surface area (Å²) in [5, 5.41) is 7.31. The van der Waals surface area contributed by atoms with Gasteiger partial charge in [0.2, 0.25) is 0 Å². The Hall–Kier alpha value is -2.28. The van der Waals surface area contributed by atoms with Crippen LogP contribution < -0.4 is 15.4 Å². The number of thioether (sulfide) groups is 1. The van der Waals surface area contributed by atoms with Crippen LogP contribution in [0.2, 0.25) is 0 Å². The van der Waals surface area contributed by atoms with Crippen LogP contribution in [0.3, 0.4) is 0 Å². The van der Waals surface area contributed by atoms with Crippen LogP contribution in [-0.4, -0.2) is 33.9 Å². The molecule has 1 aliphatic rings. The van der Waals surface area contributed by atoms with Crippen molar-refractivity contribution < 1.29 is 9.53 Å². The number of carbonyl (C=O) groups excluding carboxylic acids is 1. The van der Waals surface area contributed by atoms with Gasteiger partial charge in [-0.05, 0) is 50.8 Å². The second kappa shape index (κ2) is 9.43. The zero-order valence-electron chi connectivity index (χ0n) is 14.9. The first kappa shape index (κ1) is 18.5. The van der Waals surface area contributed by atoms with E-state index in [1.165, 1.54) is 0 Å². The normalized spacial score (nSPS) is 19.6. The minimum Gasteiger partial charge on any atom is -0.492 e. The molecule has 0 bridgehead atoms. The molecule has 1 aromatic heterocycles. The molecule has 0 atom stereocenters. The molecule has 2 N–H and O–H groups in total. The first-order chi connectivity index (χ1) is 12.7. The van der Waals surface area contributed by atoms with E-state index in [1.54, 1.807) is 24.2 Å². The van der Waals surface area contributed by atoms with Gasteiger partial charge >= 0.3 is 6.03 Å². The van der Waals surface area contributed by atoms with Gasteiger partial charge in [-0.15, -0.1) is 0 Å². The Morgan fingerprint density at radius 2 is 1.88 bits per heavy atom. The Bertz CT molecular complexity index is 706. The van der Waals surface area contributed by atoms with Crippen LogP contribution >= 0.6 is 11.8 Å². The molecule has 1 aromatic carbocycles. The molecular formula is C19H24N4O2S. The van der Waals surface area contributed by atoms with Gasteiger partial charge in [-0.25, -0.2) is 14.8 Å². The molecule has 7 heteroatoms. The molecule has 0 radical (unpaired) electrons. The number of urea groups is 1. The summed E-state index contributed by atoms with van der Waals surface area (Å²) in [4.78, 5) is 20.8. The van der Waals surface area contributed by atoms with E-state index in [1.807, 2.05) is 37.3 Å². The third-order valence-electron chi connectivity index (χ3n) is 4.26. The van der Waals surface area contributed by atoms with Crippen molar-refractivity contribution in [2.75, 3.05) is 11.9 Å². The number of nitrogens with zero attached hydrogens (tertiary/aromatic N) is 2. The number of aromatic nitrogens is 2. The molecule has 6 nitrogen and oxygen atoms in total. The van der Waals surface area contributed by atoms with Crippen molar-refractivity contribution in [3.63, 3.8) is 0 Å². The van der Waals surface area contributed by atoms with Crippen LogP contribution in [0.25, 0.3) is 0 Å². The summed E-state index contributed by atoms with van der Waals surface area (Å²) in [6.07, 6.45) is 7.56. The third kappa shape index (κ3) is 5.36. The first-order valence-electron chi connectivity index (χ1n) is 8.97. The third-order valence-corrected chi connectivity index (χ3v) is 5.49. The Morgan fingerprint density at radius 3 is 2.62 bits per heavy atom. The molecule has 0 spiro atoms. The van der Waals surface area contributed by atoms with Crippen molar-refractivity contribution in [2.24, 2.45) is 0 Å². The SMILES string of the molecule is CCOc1ccccc1NC(=O)NC1CCC(Sc2ncccn2)CC1. The maximum Gasteiger partial charge on any atom is 0.319 e. The van der Waals surface area contributed by atoms with Crippen molar-refractivity contribution >= 4 is 23.5 Å². The molecule has 26 heavy (non-hydrogen) atoms. The van der Waals surface area contributed by atoms with Crippen LogP contribution in [0.4, 0.5) is 10.5 Å². The summed E-state index contributed by atoms with van der Waals surface area (Å²) >= 11 is 1.73. The number of benzene rings is 1. The van der Waals surface area contributed by atoms with Gasteiger partial charge in [0.1, 0.15) is 5.75 Å². The molecule has 1 heterocycles. The summed E-state index contributed by atoms with van der Waals surface area (Å²) in [5.41, 5.74) is 0.692. The standard InChI is InChI=1S/C19H24N4O2S/c1-2-25-17-7-4-3-6-16(17)23-18(24)22-14-8-10-15(11-9-14)26-19-20-12-5-13-21-19/h3-7,12-15H,2,8-11H2,1H3,(H2,22,23,24). The van der Waals surface area contributed by atoms with E-state index in [-0.39, 0.29) is 12.1 Å². The van der Waals surface area contributed by atoms with Crippen LogP contribution in [0.5, 0.6) is 5.75 Å². The predicted molar refractivity (Wildman–Crippen MR) is 104 cm³/mol. The highest BCUT2D eigenvalue weighted by molar-refractivity contribution is 7.99. The fourth-order valence-corrected chi connectivity index (χ4v) is 4.06. The number of anilines is 1. The number of hydrogen-bond acceptors (Lipinski definition) is 5. The number of hydrogen-bond donors (Lipinski definition) is 2. The largest absolute Gasteiger partial charge is 0.492 e. The first-order valence-corrected chi connectivity index (χ1v) is 9.85. The van der Waals surface area contributed by atoms with E-state index in [2.05, 4.69) is 20.6 Å². The molecular weight excluding hydrogens is 348 g/mol. The summed E-state index contributed by atoms with van der Waals surface area (Å²) in [5.74, 6) is 0.688. The summed E-state index contributed by atoms with van der Waals surface area (Å²) < 4.78 is 5.54. The molecule has 1 saturated carbocycles. The molecule has 1 fully saturated rings. The van der Waals surface area contributed by atoms with Crippen LogP contribution in [-0.2, 0) is 0 Å². The number of rotatable bonds is 6. The molecule has 1 aliphatic carbocycles. The maximum absolute atomic E-state index is 12.3. The predicted octanol–water partition coefficient (Wildman–Crippen LogP) is 4.10. The van der Waals surface area contributed by atoms with Crippen molar-refractivity contribution in [3.05, 3.63) is 42.7 Å². The molecule has 3 rings (SSSR count). The van der Waals surface area contributed by atoms with E-state index in [9.17, 15) is 4.79 Å². The average molecular weight is 372 g/mol. The van der Waals surface area contributed by atoms with Crippen molar-refractivity contribution in [3.8, 4) is 5.75 Å². The maximum atomic E-state index is 12.3. The van der Waals surface area contributed by atoms with E-state index in [0.717, 1.165) is 30.8 Å². The van der Waals surface area contributed by atoms with Gasteiger partial charge in [-0.1, -0.05) is 23.9 Å². The summed E-state index contributed by atoms with van der Waals surface area (Å²) in [6.45, 7) is 2.49. The number of ether oxygens (including phenoxy) is 1. The zero-order chi connectivity index (χ0) is 18.2. The van der Waals surface area contributed by atoms with E-state index in [4.69, 9.17) is 4.74 Å². The minimum absolute atomic E-state index is 0.181. The van der Waals surface area contributed by atoms with Crippen molar-refractivity contribution in [1.82, 2.24) is 15.3 Å². The van der Waals surface area contributed by atoms with E-state index in [0.29, 0.717) is 23.3 Å². The highest BCUT2D eigenvalue weighted by Crippen LogP contribution is 2.32. The lowest BCUT2D eigenvalue weighted by Crippen LogP contribution is -2.40. The van der Waals surface area contributed by atoms with Crippen molar-refractivity contribution in [1.29, 1.82) is 0 Å². The number of amides is 2. The highest BCUT2D eigenvalue weighted by Gasteiger charge is 2.24. The van der Waals surface area contributed by atoms with Crippen LogP contribution in [0.1, 0.15) is 32.6 Å². The molecule has 2 aromatic rings. The van der Waals surface area contributed by atoms with Gasteiger partial charge < -0.3 is 15.4 Å². The van der Waals surface area contributed by atoms with E-state index >= 15 is 0 Å². The molecule has 0 saturated heterocycles. The second-order valence-electron chi connectivity index (χ2n) is 6.15. The van der Waals surface area contributed by atoms with Crippen LogP contribution in [0.15, 0.2) is 47.9 Å². The lowest BCUT2D eigenvalue weighted by molar-refractivity contribution is 0.244. The second-order valence-corrected chi connectivity index (χ2v) is 7.42. The molecule has 2 amide bonds. The molecule has 0 aliphatic heterocycles. The Kier molecular flexibility index (Phi) is 6.71. The molecule has 0 unspecified atom stereocenters. The fourth-order valence-electron chi connectivity index (χ4n) is 3.02. The average Bonchev–Trinajstić information content (AvgIpc) is 2.66.